The van der Waals surface area contributed by atoms with E-state index in [0.29, 0.717) is 26.3 Å². The van der Waals surface area contributed by atoms with E-state index in [4.69, 9.17) is 9.84 Å². The van der Waals surface area contributed by atoms with Gasteiger partial charge >= 0.3 is 0 Å². The van der Waals surface area contributed by atoms with Gasteiger partial charge < -0.3 is 14.7 Å². The van der Waals surface area contributed by atoms with Crippen LogP contribution in [0.4, 0.5) is 0 Å². The molecule has 1 fully saturated rings. The Hall–Kier alpha value is -0.610. The van der Waals surface area contributed by atoms with Gasteiger partial charge in [0.1, 0.15) is 0 Å². The van der Waals surface area contributed by atoms with E-state index in [2.05, 4.69) is 0 Å². The fourth-order valence-electron chi connectivity index (χ4n) is 1.07. The fraction of sp³-hybridized carbons (Fsp3) is 0.857. The minimum absolute atomic E-state index is 0.0239. The van der Waals surface area contributed by atoms with Crippen LogP contribution in [0.15, 0.2) is 0 Å². The van der Waals surface area contributed by atoms with Crippen molar-refractivity contribution < 1.29 is 14.6 Å². The quantitative estimate of drug-likeness (QED) is 0.575. The third kappa shape index (κ3) is 2.48. The second-order valence-corrected chi connectivity index (χ2v) is 2.47. The van der Waals surface area contributed by atoms with Crippen molar-refractivity contribution in [2.45, 2.75) is 6.42 Å². The van der Waals surface area contributed by atoms with E-state index in [1.54, 1.807) is 4.90 Å². The number of aliphatic hydroxyl groups is 1. The minimum atomic E-state index is -0.0593. The molecule has 0 atom stereocenters. The molecule has 1 N–H and O–H groups in total. The molecule has 4 nitrogen and oxygen atoms in total. The van der Waals surface area contributed by atoms with Crippen LogP contribution in [0.25, 0.3) is 0 Å². The number of hydrogen-bond donors (Lipinski definition) is 1. The Labute approximate surface area is 65.8 Å². The Morgan fingerprint density at radius 3 is 2.64 bits per heavy atom. The number of hydrogen-bond acceptors (Lipinski definition) is 3. The smallest absolute Gasteiger partial charge is 0.225 e. The van der Waals surface area contributed by atoms with Gasteiger partial charge in [-0.1, -0.05) is 0 Å². The highest BCUT2D eigenvalue weighted by atomic mass is 16.5. The van der Waals surface area contributed by atoms with Gasteiger partial charge in [-0.15, -0.1) is 0 Å². The van der Waals surface area contributed by atoms with E-state index < -0.39 is 0 Å². The maximum absolute atomic E-state index is 11.1. The first-order valence-corrected chi connectivity index (χ1v) is 3.81. The van der Waals surface area contributed by atoms with Crippen LogP contribution < -0.4 is 0 Å². The normalized spacial score (nSPS) is 18.5. The standard InChI is InChI=1S/C7H13NO3/c9-4-1-7(10)8-2-5-11-6-3-8/h9H,1-6H2. The molecule has 0 aromatic carbocycles. The molecule has 0 radical (unpaired) electrons. The van der Waals surface area contributed by atoms with Crippen molar-refractivity contribution in [1.82, 2.24) is 4.90 Å². The summed E-state index contributed by atoms with van der Waals surface area (Å²) in [5.74, 6) is 0.0239. The molecule has 4 heteroatoms. The number of carbonyl (C=O) groups excluding carboxylic acids is 1. The zero-order valence-corrected chi connectivity index (χ0v) is 6.45. The van der Waals surface area contributed by atoms with Crippen LogP contribution in [-0.2, 0) is 9.53 Å². The van der Waals surface area contributed by atoms with Crippen LogP contribution in [0.3, 0.4) is 0 Å². The molecule has 0 aromatic rings. The predicted molar refractivity (Wildman–Crippen MR) is 39.1 cm³/mol. The average Bonchev–Trinajstić information content (AvgIpc) is 2.07. The lowest BCUT2D eigenvalue weighted by molar-refractivity contribution is -0.135. The Bertz CT molecular complexity index is 132. The molecule has 0 saturated carbocycles. The molecule has 0 aromatic heterocycles. The minimum Gasteiger partial charge on any atom is -0.396 e. The number of amides is 1. The SMILES string of the molecule is O=C(CCO)N1CCOCC1. The Kier molecular flexibility index (Phi) is 3.32. The molecule has 0 unspecified atom stereocenters. The van der Waals surface area contributed by atoms with Crippen LogP contribution in [-0.4, -0.2) is 48.8 Å². The molecule has 0 aliphatic carbocycles. The van der Waals surface area contributed by atoms with Crippen LogP contribution in [0.1, 0.15) is 6.42 Å². The molecule has 0 spiro atoms. The van der Waals surface area contributed by atoms with E-state index in [9.17, 15) is 4.79 Å². The Morgan fingerprint density at radius 2 is 2.09 bits per heavy atom. The van der Waals surface area contributed by atoms with Gasteiger partial charge in [0.2, 0.25) is 5.91 Å². The maximum atomic E-state index is 11.1. The molecule has 1 aliphatic heterocycles. The second kappa shape index (κ2) is 4.31. The zero-order chi connectivity index (χ0) is 8.10. The number of nitrogens with zero attached hydrogens (tertiary/aromatic N) is 1. The summed E-state index contributed by atoms with van der Waals surface area (Å²) >= 11 is 0. The second-order valence-electron chi connectivity index (χ2n) is 2.47. The zero-order valence-electron chi connectivity index (χ0n) is 6.45. The first kappa shape index (κ1) is 8.49. The molecule has 1 aliphatic rings. The number of carbonyl (C=O) groups is 1. The van der Waals surface area contributed by atoms with E-state index in [-0.39, 0.29) is 18.9 Å². The summed E-state index contributed by atoms with van der Waals surface area (Å²) in [6.45, 7) is 2.52. The molecule has 1 heterocycles. The van der Waals surface area contributed by atoms with E-state index in [0.717, 1.165) is 0 Å². The summed E-state index contributed by atoms with van der Waals surface area (Å²) in [4.78, 5) is 12.8. The van der Waals surface area contributed by atoms with Gasteiger partial charge in [-0.3, -0.25) is 4.79 Å². The first-order valence-electron chi connectivity index (χ1n) is 3.81. The van der Waals surface area contributed by atoms with Gasteiger partial charge in [-0.2, -0.15) is 0 Å². The number of morpholine rings is 1. The van der Waals surface area contributed by atoms with E-state index in [1.165, 1.54) is 0 Å². The predicted octanol–water partition coefficient (Wildman–Crippen LogP) is -0.772. The van der Waals surface area contributed by atoms with Gasteiger partial charge in [-0.05, 0) is 0 Å². The first-order chi connectivity index (χ1) is 5.34. The van der Waals surface area contributed by atoms with E-state index >= 15 is 0 Å². The molecule has 1 saturated heterocycles. The van der Waals surface area contributed by atoms with Gasteiger partial charge in [0.15, 0.2) is 0 Å². The van der Waals surface area contributed by atoms with Crippen molar-refractivity contribution in [3.05, 3.63) is 0 Å². The van der Waals surface area contributed by atoms with Gasteiger partial charge in [0.25, 0.3) is 0 Å². The van der Waals surface area contributed by atoms with Crippen molar-refractivity contribution in [3.63, 3.8) is 0 Å². The number of ether oxygens (including phenoxy) is 1. The van der Waals surface area contributed by atoms with Gasteiger partial charge in [0, 0.05) is 19.5 Å². The lowest BCUT2D eigenvalue weighted by Gasteiger charge is -2.26. The topological polar surface area (TPSA) is 49.8 Å². The summed E-state index contributed by atoms with van der Waals surface area (Å²) in [7, 11) is 0. The Balaban J connectivity index is 2.27. The van der Waals surface area contributed by atoms with Crippen molar-refractivity contribution in [2.24, 2.45) is 0 Å². The molecule has 1 rings (SSSR count). The summed E-state index contributed by atoms with van der Waals surface area (Å²) in [6, 6.07) is 0. The van der Waals surface area contributed by atoms with Gasteiger partial charge in [-0.25, -0.2) is 0 Å². The summed E-state index contributed by atoms with van der Waals surface area (Å²) in [5.41, 5.74) is 0. The highest BCUT2D eigenvalue weighted by molar-refractivity contribution is 5.76. The molecular formula is C7H13NO3. The van der Waals surface area contributed by atoms with Crippen LogP contribution in [0.2, 0.25) is 0 Å². The molecule has 11 heavy (non-hydrogen) atoms. The molecular weight excluding hydrogens is 146 g/mol. The third-order valence-electron chi connectivity index (χ3n) is 1.69. The highest BCUT2D eigenvalue weighted by Gasteiger charge is 2.15. The third-order valence-corrected chi connectivity index (χ3v) is 1.69. The van der Waals surface area contributed by atoms with Crippen molar-refractivity contribution in [2.75, 3.05) is 32.9 Å². The fourth-order valence-corrected chi connectivity index (χ4v) is 1.07. The lowest BCUT2D eigenvalue weighted by atomic mass is 10.3. The maximum Gasteiger partial charge on any atom is 0.225 e. The molecule has 1 amide bonds. The average molecular weight is 159 g/mol. The summed E-state index contributed by atoms with van der Waals surface area (Å²) < 4.78 is 5.07. The van der Waals surface area contributed by atoms with Crippen LogP contribution >= 0.6 is 0 Å². The Morgan fingerprint density at radius 1 is 1.45 bits per heavy atom. The van der Waals surface area contributed by atoms with Crippen molar-refractivity contribution in [3.8, 4) is 0 Å². The number of aliphatic hydroxyl groups excluding tert-OH is 1. The lowest BCUT2D eigenvalue weighted by Crippen LogP contribution is -2.40. The monoisotopic (exact) mass is 159 g/mol. The van der Waals surface area contributed by atoms with Crippen molar-refractivity contribution >= 4 is 5.91 Å². The summed E-state index contributed by atoms with van der Waals surface area (Å²) in [5, 5.41) is 8.49. The largest absolute Gasteiger partial charge is 0.396 e. The van der Waals surface area contributed by atoms with Crippen LogP contribution in [0.5, 0.6) is 0 Å². The molecule has 0 bridgehead atoms. The molecule has 64 valence electrons. The van der Waals surface area contributed by atoms with Crippen LogP contribution in [0, 0.1) is 0 Å². The van der Waals surface area contributed by atoms with Gasteiger partial charge in [0.05, 0.1) is 19.8 Å². The number of rotatable bonds is 2. The highest BCUT2D eigenvalue weighted by Crippen LogP contribution is 1.98. The van der Waals surface area contributed by atoms with E-state index in [1.807, 2.05) is 0 Å². The van der Waals surface area contributed by atoms with Crippen molar-refractivity contribution in [1.29, 1.82) is 0 Å². The summed E-state index contributed by atoms with van der Waals surface area (Å²) in [6.07, 6.45) is 0.236.